The Bertz CT molecular complexity index is 252. The molecule has 12 heavy (non-hydrogen) atoms. The Morgan fingerprint density at radius 3 is 2.67 bits per heavy atom. The topological polar surface area (TPSA) is 46.2 Å². The Labute approximate surface area is 70.8 Å². The lowest BCUT2D eigenvalue weighted by Crippen LogP contribution is -2.10. The van der Waals surface area contributed by atoms with Crippen molar-refractivity contribution in [1.82, 2.24) is 0 Å². The van der Waals surface area contributed by atoms with Crippen molar-refractivity contribution in [2.24, 2.45) is 5.73 Å². The van der Waals surface area contributed by atoms with Crippen LogP contribution in [0.5, 0.6) is 5.75 Å². The maximum absolute atomic E-state index is 11.9. The van der Waals surface area contributed by atoms with Gasteiger partial charge in [0.25, 0.3) is 0 Å². The highest BCUT2D eigenvalue weighted by Gasteiger charge is 2.08. The first-order chi connectivity index (χ1) is 5.75. The fourth-order valence-electron chi connectivity index (χ4n) is 1.07. The van der Waals surface area contributed by atoms with Crippen LogP contribution in [0.15, 0.2) is 24.3 Å². The lowest BCUT2D eigenvalue weighted by atomic mass is 10.0. The zero-order valence-electron chi connectivity index (χ0n) is 6.70. The largest absolute Gasteiger partial charge is 0.508 e. The normalized spacial score (nSPS) is 12.8. The number of halogens is 1. The summed E-state index contributed by atoms with van der Waals surface area (Å²) >= 11 is 0. The predicted octanol–water partition coefficient (Wildman–Crippen LogP) is 1.75. The molecule has 0 aliphatic rings. The maximum atomic E-state index is 11.9. The van der Waals surface area contributed by atoms with Crippen LogP contribution in [-0.4, -0.2) is 11.8 Å². The highest BCUT2D eigenvalue weighted by atomic mass is 19.1. The molecule has 1 atom stereocenters. The summed E-state index contributed by atoms with van der Waals surface area (Å²) in [4.78, 5) is 0. The van der Waals surface area contributed by atoms with Gasteiger partial charge >= 0.3 is 0 Å². The van der Waals surface area contributed by atoms with E-state index in [2.05, 4.69) is 0 Å². The van der Waals surface area contributed by atoms with Gasteiger partial charge in [0.2, 0.25) is 0 Å². The SMILES string of the molecule is N[C@H](CCF)c1ccccc1O. The Hall–Kier alpha value is -1.09. The summed E-state index contributed by atoms with van der Waals surface area (Å²) < 4.78 is 11.9. The van der Waals surface area contributed by atoms with Crippen LogP contribution in [-0.2, 0) is 0 Å². The van der Waals surface area contributed by atoms with Crippen LogP contribution in [0.2, 0.25) is 0 Å². The van der Waals surface area contributed by atoms with Gasteiger partial charge < -0.3 is 10.8 Å². The van der Waals surface area contributed by atoms with Gasteiger partial charge in [-0.3, -0.25) is 4.39 Å². The van der Waals surface area contributed by atoms with Crippen LogP contribution in [0.4, 0.5) is 4.39 Å². The summed E-state index contributed by atoms with van der Waals surface area (Å²) in [5.41, 5.74) is 6.21. The number of hydrogen-bond donors (Lipinski definition) is 2. The molecule has 1 aromatic carbocycles. The van der Waals surface area contributed by atoms with Crippen molar-refractivity contribution in [1.29, 1.82) is 0 Å². The van der Waals surface area contributed by atoms with Gasteiger partial charge in [0.1, 0.15) is 5.75 Å². The van der Waals surface area contributed by atoms with Gasteiger partial charge in [0.15, 0.2) is 0 Å². The van der Waals surface area contributed by atoms with Gasteiger partial charge in [-0.1, -0.05) is 18.2 Å². The summed E-state index contributed by atoms with van der Waals surface area (Å²) in [5, 5.41) is 9.31. The molecule has 0 aromatic heterocycles. The average molecular weight is 169 g/mol. The molecule has 0 spiro atoms. The molecule has 0 amide bonds. The van der Waals surface area contributed by atoms with Crippen molar-refractivity contribution < 1.29 is 9.50 Å². The van der Waals surface area contributed by atoms with Gasteiger partial charge in [-0.05, 0) is 12.5 Å². The molecule has 0 saturated heterocycles. The Morgan fingerprint density at radius 1 is 1.42 bits per heavy atom. The molecule has 1 aromatic rings. The van der Waals surface area contributed by atoms with Crippen molar-refractivity contribution in [3.05, 3.63) is 29.8 Å². The van der Waals surface area contributed by atoms with E-state index in [0.717, 1.165) is 0 Å². The third-order valence-corrected chi connectivity index (χ3v) is 1.76. The molecule has 3 heteroatoms. The molecule has 0 aliphatic heterocycles. The zero-order valence-corrected chi connectivity index (χ0v) is 6.70. The Morgan fingerprint density at radius 2 is 2.08 bits per heavy atom. The second-order valence-corrected chi connectivity index (χ2v) is 2.64. The minimum Gasteiger partial charge on any atom is -0.508 e. The van der Waals surface area contributed by atoms with E-state index in [4.69, 9.17) is 5.73 Å². The number of phenolic OH excluding ortho intramolecular Hbond substituents is 1. The summed E-state index contributed by atoms with van der Waals surface area (Å²) in [5.74, 6) is 0.137. The van der Waals surface area contributed by atoms with Crippen molar-refractivity contribution in [3.63, 3.8) is 0 Å². The summed E-state index contributed by atoms with van der Waals surface area (Å²) in [6, 6.07) is 6.33. The third kappa shape index (κ3) is 1.95. The summed E-state index contributed by atoms with van der Waals surface area (Å²) in [6.45, 7) is -0.463. The van der Waals surface area contributed by atoms with E-state index in [1.54, 1.807) is 24.3 Å². The van der Waals surface area contributed by atoms with Gasteiger partial charge in [-0.25, -0.2) is 0 Å². The number of phenols is 1. The molecule has 0 fully saturated rings. The van der Waals surface area contributed by atoms with E-state index in [0.29, 0.717) is 5.56 Å². The van der Waals surface area contributed by atoms with E-state index in [9.17, 15) is 9.50 Å². The molecule has 66 valence electrons. The monoisotopic (exact) mass is 169 g/mol. The number of rotatable bonds is 3. The highest BCUT2D eigenvalue weighted by molar-refractivity contribution is 5.34. The van der Waals surface area contributed by atoms with E-state index < -0.39 is 12.7 Å². The van der Waals surface area contributed by atoms with Gasteiger partial charge in [-0.2, -0.15) is 0 Å². The Kier molecular flexibility index (Phi) is 3.05. The lowest BCUT2D eigenvalue weighted by molar-refractivity contribution is 0.424. The summed E-state index contributed by atoms with van der Waals surface area (Å²) in [6.07, 6.45) is 0.248. The van der Waals surface area contributed by atoms with E-state index >= 15 is 0 Å². The number of nitrogens with two attached hydrogens (primary N) is 1. The predicted molar refractivity (Wildman–Crippen MR) is 45.6 cm³/mol. The third-order valence-electron chi connectivity index (χ3n) is 1.76. The first-order valence-corrected chi connectivity index (χ1v) is 3.85. The fraction of sp³-hybridized carbons (Fsp3) is 0.333. The standard InChI is InChI=1S/C9H12FNO/c10-6-5-8(11)7-3-1-2-4-9(7)12/h1-4,8,12H,5-6,11H2/t8-/m1/s1. The molecule has 0 aliphatic carbocycles. The van der Waals surface area contributed by atoms with Crippen LogP contribution in [0.1, 0.15) is 18.0 Å². The van der Waals surface area contributed by atoms with Crippen molar-refractivity contribution in [2.45, 2.75) is 12.5 Å². The van der Waals surface area contributed by atoms with Crippen molar-refractivity contribution in [2.75, 3.05) is 6.67 Å². The molecular formula is C9H12FNO. The minimum absolute atomic E-state index is 0.137. The number of para-hydroxylation sites is 1. The second kappa shape index (κ2) is 4.07. The highest BCUT2D eigenvalue weighted by Crippen LogP contribution is 2.23. The molecule has 0 bridgehead atoms. The lowest BCUT2D eigenvalue weighted by Gasteiger charge is -2.10. The molecule has 0 radical (unpaired) electrons. The smallest absolute Gasteiger partial charge is 0.120 e. The van der Waals surface area contributed by atoms with E-state index in [1.807, 2.05) is 0 Å². The molecule has 3 N–H and O–H groups in total. The molecule has 2 nitrogen and oxygen atoms in total. The number of aromatic hydroxyl groups is 1. The Balaban J connectivity index is 2.79. The molecule has 0 heterocycles. The first-order valence-electron chi connectivity index (χ1n) is 3.85. The molecule has 0 unspecified atom stereocenters. The van der Waals surface area contributed by atoms with Crippen molar-refractivity contribution >= 4 is 0 Å². The van der Waals surface area contributed by atoms with Crippen molar-refractivity contribution in [3.8, 4) is 5.75 Å². The van der Waals surface area contributed by atoms with Crippen LogP contribution >= 0.6 is 0 Å². The van der Waals surface area contributed by atoms with Crippen LogP contribution in [0.25, 0.3) is 0 Å². The fourth-order valence-corrected chi connectivity index (χ4v) is 1.07. The number of benzene rings is 1. The molecular weight excluding hydrogens is 157 g/mol. The van der Waals surface area contributed by atoms with E-state index in [1.165, 1.54) is 0 Å². The molecule has 0 saturated carbocycles. The van der Waals surface area contributed by atoms with Crippen LogP contribution in [0, 0.1) is 0 Å². The van der Waals surface area contributed by atoms with Gasteiger partial charge in [-0.15, -0.1) is 0 Å². The van der Waals surface area contributed by atoms with Crippen LogP contribution in [0.3, 0.4) is 0 Å². The quantitative estimate of drug-likeness (QED) is 0.724. The zero-order chi connectivity index (χ0) is 8.97. The second-order valence-electron chi connectivity index (χ2n) is 2.64. The maximum Gasteiger partial charge on any atom is 0.120 e. The van der Waals surface area contributed by atoms with Gasteiger partial charge in [0, 0.05) is 11.6 Å². The average Bonchev–Trinajstić information content (AvgIpc) is 2.05. The molecule has 1 rings (SSSR count). The van der Waals surface area contributed by atoms with Crippen LogP contribution < -0.4 is 5.73 Å². The number of alkyl halides is 1. The van der Waals surface area contributed by atoms with Gasteiger partial charge in [0.05, 0.1) is 6.67 Å². The first kappa shape index (κ1) is 9.00. The number of hydrogen-bond acceptors (Lipinski definition) is 2. The minimum atomic E-state index is -0.463. The van der Waals surface area contributed by atoms with E-state index in [-0.39, 0.29) is 12.2 Å². The summed E-state index contributed by atoms with van der Waals surface area (Å²) in [7, 11) is 0.